The number of rotatable bonds is 6. The minimum Gasteiger partial charge on any atom is -0.475 e. The van der Waals surface area contributed by atoms with E-state index in [4.69, 9.17) is 4.74 Å². The van der Waals surface area contributed by atoms with Crippen LogP contribution in [0.1, 0.15) is 0 Å². The van der Waals surface area contributed by atoms with Gasteiger partial charge in [-0.15, -0.1) is 5.10 Å². The summed E-state index contributed by atoms with van der Waals surface area (Å²) in [6, 6.07) is 18.0. The van der Waals surface area contributed by atoms with E-state index in [0.29, 0.717) is 19.0 Å². The molecular weight excluding hydrogens is 406 g/mol. The highest BCUT2D eigenvalue weighted by molar-refractivity contribution is 9.10. The van der Waals surface area contributed by atoms with Crippen LogP contribution in [0, 0.1) is 0 Å². The first-order valence-electron chi connectivity index (χ1n) is 8.57. The molecule has 2 aromatic heterocycles. The molecule has 0 saturated heterocycles. The van der Waals surface area contributed by atoms with Gasteiger partial charge in [-0.25, -0.2) is 9.97 Å². The fourth-order valence-electron chi connectivity index (χ4n) is 2.87. The van der Waals surface area contributed by atoms with Gasteiger partial charge in [-0.1, -0.05) is 40.2 Å². The first kappa shape index (κ1) is 17.5. The van der Waals surface area contributed by atoms with Gasteiger partial charge >= 0.3 is 0 Å². The molecule has 0 atom stereocenters. The van der Waals surface area contributed by atoms with Gasteiger partial charge in [0.2, 0.25) is 5.88 Å². The lowest BCUT2D eigenvalue weighted by atomic mass is 10.1. The number of aromatic nitrogens is 4. The van der Waals surface area contributed by atoms with Crippen LogP contribution >= 0.6 is 15.9 Å². The predicted octanol–water partition coefficient (Wildman–Crippen LogP) is 4.28. The number of halogens is 1. The maximum absolute atomic E-state index is 5.80. The minimum absolute atomic E-state index is 0.481. The summed E-state index contributed by atoms with van der Waals surface area (Å²) in [5.41, 5.74) is 3.01. The van der Waals surface area contributed by atoms with Gasteiger partial charge in [-0.3, -0.25) is 4.68 Å². The molecule has 2 aromatic carbocycles. The number of hydrogen-bond donors (Lipinski definition) is 1. The lowest BCUT2D eigenvalue weighted by molar-refractivity contribution is 0.316. The third-order valence-corrected chi connectivity index (χ3v) is 4.71. The van der Waals surface area contributed by atoms with Crippen LogP contribution in [0.5, 0.6) is 5.88 Å². The molecule has 4 rings (SSSR count). The van der Waals surface area contributed by atoms with Gasteiger partial charge in [0, 0.05) is 23.0 Å². The number of fused-ring (bicyclic) bond motifs is 1. The second-order valence-corrected chi connectivity index (χ2v) is 6.93. The average Bonchev–Trinajstić information content (AvgIpc) is 3.06. The van der Waals surface area contributed by atoms with E-state index in [-0.39, 0.29) is 0 Å². The molecule has 27 heavy (non-hydrogen) atoms. The third-order valence-electron chi connectivity index (χ3n) is 4.18. The number of nitrogens with one attached hydrogen (secondary N) is 1. The van der Waals surface area contributed by atoms with E-state index in [1.807, 2.05) is 66.3 Å². The predicted molar refractivity (Wildman–Crippen MR) is 110 cm³/mol. The summed E-state index contributed by atoms with van der Waals surface area (Å²) in [5, 5.41) is 8.73. The van der Waals surface area contributed by atoms with E-state index in [1.54, 1.807) is 6.33 Å². The van der Waals surface area contributed by atoms with Crippen LogP contribution in [0.2, 0.25) is 0 Å². The second-order valence-electron chi connectivity index (χ2n) is 6.01. The number of anilines is 1. The standard InChI is InChI=1S/C20H18BrN5O/c1-26-18(14-6-8-15(21)9-7-14)12-19(25-26)27-11-10-22-20-16-4-2-3-5-17(16)23-13-24-20/h2-9,12-13H,10-11H2,1H3,(H,22,23,24). The lowest BCUT2D eigenvalue weighted by Crippen LogP contribution is -2.13. The average molecular weight is 424 g/mol. The Morgan fingerprint density at radius 3 is 2.74 bits per heavy atom. The molecule has 4 aromatic rings. The Balaban J connectivity index is 1.38. The minimum atomic E-state index is 0.481. The normalized spacial score (nSPS) is 10.9. The Kier molecular flexibility index (Phi) is 5.02. The fraction of sp³-hybridized carbons (Fsp3) is 0.150. The highest BCUT2D eigenvalue weighted by atomic mass is 79.9. The van der Waals surface area contributed by atoms with Gasteiger partial charge in [0.25, 0.3) is 0 Å². The van der Waals surface area contributed by atoms with E-state index in [0.717, 1.165) is 32.5 Å². The largest absolute Gasteiger partial charge is 0.475 e. The summed E-state index contributed by atoms with van der Waals surface area (Å²) in [6.45, 7) is 1.10. The smallest absolute Gasteiger partial charge is 0.233 e. The maximum atomic E-state index is 5.80. The Labute approximate surface area is 165 Å². The van der Waals surface area contributed by atoms with Crippen LogP contribution in [0.15, 0.2) is 65.4 Å². The Hall–Kier alpha value is -2.93. The van der Waals surface area contributed by atoms with Crippen molar-refractivity contribution in [3.8, 4) is 17.1 Å². The number of para-hydroxylation sites is 1. The highest BCUT2D eigenvalue weighted by Gasteiger charge is 2.08. The van der Waals surface area contributed by atoms with Crippen molar-refractivity contribution in [1.29, 1.82) is 0 Å². The number of hydrogen-bond acceptors (Lipinski definition) is 5. The van der Waals surface area contributed by atoms with Crippen LogP contribution < -0.4 is 10.1 Å². The van der Waals surface area contributed by atoms with Gasteiger partial charge in [-0.2, -0.15) is 0 Å². The SMILES string of the molecule is Cn1nc(OCCNc2ncnc3ccccc23)cc1-c1ccc(Br)cc1. The van der Waals surface area contributed by atoms with Gasteiger partial charge in [0.1, 0.15) is 18.8 Å². The molecule has 0 aliphatic rings. The topological polar surface area (TPSA) is 64.9 Å². The van der Waals surface area contributed by atoms with Crippen molar-refractivity contribution >= 4 is 32.7 Å². The summed E-state index contributed by atoms with van der Waals surface area (Å²) < 4.78 is 8.67. The quantitative estimate of drug-likeness (QED) is 0.468. The van der Waals surface area contributed by atoms with E-state index in [1.165, 1.54) is 0 Å². The monoisotopic (exact) mass is 423 g/mol. The van der Waals surface area contributed by atoms with Crippen LogP contribution in [0.4, 0.5) is 5.82 Å². The number of nitrogens with zero attached hydrogens (tertiary/aromatic N) is 4. The zero-order chi connectivity index (χ0) is 18.6. The van der Waals surface area contributed by atoms with Crippen LogP contribution in [-0.2, 0) is 7.05 Å². The van der Waals surface area contributed by atoms with Gasteiger partial charge < -0.3 is 10.1 Å². The Morgan fingerprint density at radius 2 is 1.89 bits per heavy atom. The second kappa shape index (κ2) is 7.75. The molecule has 136 valence electrons. The van der Waals surface area contributed by atoms with Crippen molar-refractivity contribution in [2.24, 2.45) is 7.05 Å². The molecule has 0 spiro atoms. The lowest BCUT2D eigenvalue weighted by Gasteiger charge is -2.08. The van der Waals surface area contributed by atoms with Gasteiger partial charge in [0.15, 0.2) is 0 Å². The van der Waals surface area contributed by atoms with E-state index in [9.17, 15) is 0 Å². The van der Waals surface area contributed by atoms with Crippen molar-refractivity contribution in [1.82, 2.24) is 19.7 Å². The van der Waals surface area contributed by atoms with Gasteiger partial charge in [0.05, 0.1) is 17.8 Å². The molecule has 0 aliphatic heterocycles. The van der Waals surface area contributed by atoms with Crippen LogP contribution in [0.25, 0.3) is 22.2 Å². The first-order chi connectivity index (χ1) is 13.2. The van der Waals surface area contributed by atoms with E-state index >= 15 is 0 Å². The molecule has 0 bridgehead atoms. The van der Waals surface area contributed by atoms with Gasteiger partial charge in [-0.05, 0) is 29.8 Å². The van der Waals surface area contributed by atoms with E-state index in [2.05, 4.69) is 36.3 Å². The molecule has 2 heterocycles. The summed E-state index contributed by atoms with van der Waals surface area (Å²) in [4.78, 5) is 8.58. The zero-order valence-corrected chi connectivity index (χ0v) is 16.3. The molecular formula is C20H18BrN5O. The number of aryl methyl sites for hydroxylation is 1. The molecule has 0 unspecified atom stereocenters. The molecule has 6 nitrogen and oxygen atoms in total. The third kappa shape index (κ3) is 3.93. The molecule has 1 N–H and O–H groups in total. The molecule has 0 amide bonds. The van der Waals surface area contributed by atoms with Crippen LogP contribution in [-0.4, -0.2) is 32.9 Å². The summed E-state index contributed by atoms with van der Waals surface area (Å²) in [6.07, 6.45) is 1.56. The maximum Gasteiger partial charge on any atom is 0.233 e. The van der Waals surface area contributed by atoms with Crippen molar-refractivity contribution in [3.63, 3.8) is 0 Å². The molecule has 0 fully saturated rings. The highest BCUT2D eigenvalue weighted by Crippen LogP contribution is 2.24. The molecule has 7 heteroatoms. The number of benzene rings is 2. The molecule has 0 saturated carbocycles. The summed E-state index contributed by atoms with van der Waals surface area (Å²) in [7, 11) is 1.91. The molecule has 0 aliphatic carbocycles. The summed E-state index contributed by atoms with van der Waals surface area (Å²) >= 11 is 3.45. The number of ether oxygens (including phenoxy) is 1. The fourth-order valence-corrected chi connectivity index (χ4v) is 3.14. The van der Waals surface area contributed by atoms with Crippen LogP contribution in [0.3, 0.4) is 0 Å². The van der Waals surface area contributed by atoms with Crippen molar-refractivity contribution in [2.45, 2.75) is 0 Å². The van der Waals surface area contributed by atoms with Crippen molar-refractivity contribution < 1.29 is 4.74 Å². The summed E-state index contributed by atoms with van der Waals surface area (Å²) in [5.74, 6) is 1.41. The zero-order valence-electron chi connectivity index (χ0n) is 14.8. The Morgan fingerprint density at radius 1 is 1.07 bits per heavy atom. The van der Waals surface area contributed by atoms with Crippen molar-refractivity contribution in [2.75, 3.05) is 18.5 Å². The van der Waals surface area contributed by atoms with Crippen molar-refractivity contribution in [3.05, 3.63) is 65.4 Å². The Bertz CT molecular complexity index is 1060. The molecule has 0 radical (unpaired) electrons. The first-order valence-corrected chi connectivity index (χ1v) is 9.36. The van der Waals surface area contributed by atoms with E-state index < -0.39 is 0 Å².